The van der Waals surface area contributed by atoms with Crippen LogP contribution in [-0.2, 0) is 0 Å². The van der Waals surface area contributed by atoms with Crippen LogP contribution in [0.3, 0.4) is 0 Å². The lowest BCUT2D eigenvalue weighted by molar-refractivity contribution is 0.206. The molecule has 1 aromatic heterocycles. The van der Waals surface area contributed by atoms with Gasteiger partial charge in [-0.25, -0.2) is 0 Å². The molecule has 5 heteroatoms. The summed E-state index contributed by atoms with van der Waals surface area (Å²) >= 11 is 3.53. The number of aromatic nitrogens is 1. The minimum absolute atomic E-state index is 0.452. The van der Waals surface area contributed by atoms with E-state index in [1.165, 1.54) is 0 Å². The van der Waals surface area contributed by atoms with Crippen LogP contribution >= 0.6 is 15.9 Å². The molecule has 1 aliphatic rings. The van der Waals surface area contributed by atoms with Gasteiger partial charge < -0.3 is 16.0 Å². The predicted molar refractivity (Wildman–Crippen MR) is 92.5 cm³/mol. The fraction of sp³-hybridized carbons (Fsp3) is 0.438. The van der Waals surface area contributed by atoms with E-state index < -0.39 is 0 Å². The SMILES string of the molecule is CC1CN(C)CCC1Nc1c(N)cnc2ccc(Br)cc12. The summed E-state index contributed by atoms with van der Waals surface area (Å²) in [5.41, 5.74) is 8.87. The molecule has 21 heavy (non-hydrogen) atoms. The number of nitrogens with one attached hydrogen (secondary N) is 1. The van der Waals surface area contributed by atoms with Crippen molar-refractivity contribution in [2.24, 2.45) is 5.92 Å². The molecule has 2 unspecified atom stereocenters. The van der Waals surface area contributed by atoms with Gasteiger partial charge in [0.05, 0.1) is 23.1 Å². The van der Waals surface area contributed by atoms with Crippen LogP contribution in [0.4, 0.5) is 11.4 Å². The third-order valence-corrected chi connectivity index (χ3v) is 4.79. The molecule has 0 aliphatic carbocycles. The molecule has 0 radical (unpaired) electrons. The van der Waals surface area contributed by atoms with Crippen molar-refractivity contribution in [2.45, 2.75) is 19.4 Å². The standard InChI is InChI=1S/C16H21BrN4/c1-10-9-21(2)6-5-14(10)20-16-12-7-11(17)3-4-15(12)19-8-13(16)18/h3-4,7-8,10,14H,5-6,9,18H2,1-2H3,(H,19,20). The molecular formula is C16H21BrN4. The van der Waals surface area contributed by atoms with Gasteiger partial charge in [-0.2, -0.15) is 0 Å². The van der Waals surface area contributed by atoms with Crippen LogP contribution in [0.25, 0.3) is 10.9 Å². The van der Waals surface area contributed by atoms with Gasteiger partial charge in [-0.05, 0) is 44.1 Å². The van der Waals surface area contributed by atoms with Gasteiger partial charge in [0, 0.05) is 22.4 Å². The molecule has 0 saturated carbocycles. The first-order valence-corrected chi connectivity index (χ1v) is 8.12. The van der Waals surface area contributed by atoms with Gasteiger partial charge in [0.25, 0.3) is 0 Å². The van der Waals surface area contributed by atoms with Crippen LogP contribution in [0.1, 0.15) is 13.3 Å². The Morgan fingerprint density at radius 1 is 1.43 bits per heavy atom. The maximum absolute atomic E-state index is 6.18. The van der Waals surface area contributed by atoms with Crippen molar-refractivity contribution in [1.82, 2.24) is 9.88 Å². The molecule has 2 aromatic rings. The van der Waals surface area contributed by atoms with Crippen LogP contribution in [0.5, 0.6) is 0 Å². The minimum Gasteiger partial charge on any atom is -0.396 e. The Balaban J connectivity index is 1.96. The van der Waals surface area contributed by atoms with E-state index in [1.54, 1.807) is 6.20 Å². The topological polar surface area (TPSA) is 54.2 Å². The van der Waals surface area contributed by atoms with Gasteiger partial charge >= 0.3 is 0 Å². The maximum Gasteiger partial charge on any atom is 0.0743 e. The summed E-state index contributed by atoms with van der Waals surface area (Å²) < 4.78 is 1.04. The summed E-state index contributed by atoms with van der Waals surface area (Å²) in [5, 5.41) is 4.76. The molecule has 0 amide bonds. The van der Waals surface area contributed by atoms with Crippen LogP contribution in [-0.4, -0.2) is 36.1 Å². The van der Waals surface area contributed by atoms with Gasteiger partial charge in [0.15, 0.2) is 0 Å². The number of likely N-dealkylation sites (tertiary alicyclic amines) is 1. The fourth-order valence-corrected chi connectivity index (χ4v) is 3.46. The van der Waals surface area contributed by atoms with Crippen LogP contribution in [0.15, 0.2) is 28.9 Å². The molecule has 1 fully saturated rings. The van der Waals surface area contributed by atoms with Crippen LogP contribution < -0.4 is 11.1 Å². The van der Waals surface area contributed by atoms with E-state index >= 15 is 0 Å². The summed E-state index contributed by atoms with van der Waals surface area (Å²) in [6.45, 7) is 4.53. The second-order valence-corrected chi connectivity index (χ2v) is 6.94. The Labute approximate surface area is 133 Å². The predicted octanol–water partition coefficient (Wildman–Crippen LogP) is 3.33. The molecule has 112 valence electrons. The summed E-state index contributed by atoms with van der Waals surface area (Å²) in [4.78, 5) is 6.80. The highest BCUT2D eigenvalue weighted by atomic mass is 79.9. The number of fused-ring (bicyclic) bond motifs is 1. The van der Waals surface area contributed by atoms with Crippen molar-refractivity contribution in [1.29, 1.82) is 0 Å². The average Bonchev–Trinajstić information content (AvgIpc) is 2.44. The molecule has 1 aromatic carbocycles. The lowest BCUT2D eigenvalue weighted by atomic mass is 9.93. The second kappa shape index (κ2) is 5.81. The van der Waals surface area contributed by atoms with Crippen molar-refractivity contribution in [2.75, 3.05) is 31.2 Å². The number of rotatable bonds is 2. The molecule has 3 N–H and O–H groups in total. The van der Waals surface area contributed by atoms with Crippen LogP contribution in [0.2, 0.25) is 0 Å². The van der Waals surface area contributed by atoms with Crippen molar-refractivity contribution < 1.29 is 0 Å². The molecule has 0 spiro atoms. The smallest absolute Gasteiger partial charge is 0.0743 e. The maximum atomic E-state index is 6.18. The number of nitrogen functional groups attached to an aromatic ring is 1. The first kappa shape index (κ1) is 14.6. The second-order valence-electron chi connectivity index (χ2n) is 6.03. The Morgan fingerprint density at radius 3 is 3.00 bits per heavy atom. The van der Waals surface area contributed by atoms with Crippen molar-refractivity contribution in [3.05, 3.63) is 28.9 Å². The van der Waals surface area contributed by atoms with Gasteiger partial charge in [0.2, 0.25) is 0 Å². The lowest BCUT2D eigenvalue weighted by Gasteiger charge is -2.36. The summed E-state index contributed by atoms with van der Waals surface area (Å²) in [5.74, 6) is 0.596. The molecule has 1 saturated heterocycles. The lowest BCUT2D eigenvalue weighted by Crippen LogP contribution is -2.43. The number of anilines is 2. The van der Waals surface area contributed by atoms with Gasteiger partial charge in [-0.15, -0.1) is 0 Å². The zero-order valence-corrected chi connectivity index (χ0v) is 14.0. The quantitative estimate of drug-likeness (QED) is 0.873. The largest absolute Gasteiger partial charge is 0.396 e. The van der Waals surface area contributed by atoms with Gasteiger partial charge in [0.1, 0.15) is 0 Å². The van der Waals surface area contributed by atoms with Gasteiger partial charge in [-0.1, -0.05) is 22.9 Å². The molecule has 3 rings (SSSR count). The van der Waals surface area contributed by atoms with Gasteiger partial charge in [-0.3, -0.25) is 4.98 Å². The summed E-state index contributed by atoms with van der Waals surface area (Å²) in [6, 6.07) is 6.56. The molecule has 0 bridgehead atoms. The van der Waals surface area contributed by atoms with E-state index in [-0.39, 0.29) is 0 Å². The monoisotopic (exact) mass is 348 g/mol. The third-order valence-electron chi connectivity index (χ3n) is 4.30. The normalized spacial score (nSPS) is 23.4. The number of nitrogens with two attached hydrogens (primary N) is 1. The highest BCUT2D eigenvalue weighted by Crippen LogP contribution is 2.32. The Bertz CT molecular complexity index is 653. The molecule has 2 heterocycles. The molecule has 4 nitrogen and oxygen atoms in total. The first-order chi connectivity index (χ1) is 10.0. The number of benzene rings is 1. The first-order valence-electron chi connectivity index (χ1n) is 7.33. The zero-order valence-electron chi connectivity index (χ0n) is 12.4. The number of pyridine rings is 1. The highest BCUT2D eigenvalue weighted by molar-refractivity contribution is 9.10. The number of halogens is 1. The van der Waals surface area contributed by atoms with E-state index in [2.05, 4.69) is 51.2 Å². The van der Waals surface area contributed by atoms with E-state index in [1.807, 2.05) is 12.1 Å². The number of hydrogen-bond donors (Lipinski definition) is 2. The Kier molecular flexibility index (Phi) is 4.04. The Morgan fingerprint density at radius 2 is 2.24 bits per heavy atom. The fourth-order valence-electron chi connectivity index (χ4n) is 3.10. The number of hydrogen-bond acceptors (Lipinski definition) is 4. The van der Waals surface area contributed by atoms with Crippen molar-refractivity contribution in [3.63, 3.8) is 0 Å². The number of nitrogens with zero attached hydrogens (tertiary/aromatic N) is 2. The zero-order chi connectivity index (χ0) is 15.0. The molecular weight excluding hydrogens is 328 g/mol. The summed E-state index contributed by atoms with van der Waals surface area (Å²) in [6.07, 6.45) is 2.88. The minimum atomic E-state index is 0.452. The van der Waals surface area contributed by atoms with E-state index in [0.717, 1.165) is 40.6 Å². The summed E-state index contributed by atoms with van der Waals surface area (Å²) in [7, 11) is 2.18. The molecule has 2 atom stereocenters. The average molecular weight is 349 g/mol. The van der Waals surface area contributed by atoms with E-state index in [9.17, 15) is 0 Å². The molecule has 1 aliphatic heterocycles. The van der Waals surface area contributed by atoms with Crippen molar-refractivity contribution >= 4 is 38.2 Å². The van der Waals surface area contributed by atoms with E-state index in [0.29, 0.717) is 17.6 Å². The number of piperidine rings is 1. The van der Waals surface area contributed by atoms with Crippen molar-refractivity contribution in [3.8, 4) is 0 Å². The Hall–Kier alpha value is -1.33. The highest BCUT2D eigenvalue weighted by Gasteiger charge is 2.25. The van der Waals surface area contributed by atoms with Crippen LogP contribution in [0, 0.1) is 5.92 Å². The third kappa shape index (κ3) is 2.99. The van der Waals surface area contributed by atoms with E-state index in [4.69, 9.17) is 5.73 Å².